The minimum atomic E-state index is -4.44. The number of benzene rings is 4. The van der Waals surface area contributed by atoms with Gasteiger partial charge in [-0.3, -0.25) is 4.79 Å². The van der Waals surface area contributed by atoms with E-state index >= 15 is 0 Å². The van der Waals surface area contributed by atoms with Crippen molar-refractivity contribution in [3.05, 3.63) is 89.0 Å². The van der Waals surface area contributed by atoms with Gasteiger partial charge in [-0.25, -0.2) is 9.97 Å². The highest BCUT2D eigenvalue weighted by Crippen LogP contribution is 2.56. The number of halogens is 3. The van der Waals surface area contributed by atoms with Gasteiger partial charge in [-0.15, -0.1) is 0 Å². The van der Waals surface area contributed by atoms with Crippen molar-refractivity contribution >= 4 is 38.6 Å². The Bertz CT molecular complexity index is 1880. The molecule has 3 atom stereocenters. The van der Waals surface area contributed by atoms with Crippen molar-refractivity contribution in [3.63, 3.8) is 0 Å². The van der Waals surface area contributed by atoms with Gasteiger partial charge in [0.25, 0.3) is 0 Å². The number of hydrogen-bond acceptors (Lipinski definition) is 4. The van der Waals surface area contributed by atoms with E-state index in [1.807, 2.05) is 30.3 Å². The largest absolute Gasteiger partial charge is 0.487 e. The van der Waals surface area contributed by atoms with E-state index < -0.39 is 11.7 Å². The predicted octanol–water partition coefficient (Wildman–Crippen LogP) is 9.07. The molecule has 4 aromatic carbocycles. The highest BCUT2D eigenvalue weighted by molar-refractivity contribution is 6.11. The lowest BCUT2D eigenvalue weighted by Crippen LogP contribution is -2.46. The molecule has 0 unspecified atom stereocenters. The summed E-state index contributed by atoms with van der Waals surface area (Å²) in [4.78, 5) is 23.3. The number of nitrogens with zero attached hydrogens (tertiary/aromatic N) is 2. The molecule has 1 saturated carbocycles. The normalized spacial score (nSPS) is 21.6. The van der Waals surface area contributed by atoms with Gasteiger partial charge in [-0.2, -0.15) is 13.2 Å². The van der Waals surface area contributed by atoms with Crippen LogP contribution < -0.4 is 4.74 Å². The van der Waals surface area contributed by atoms with Gasteiger partial charge in [-0.05, 0) is 68.4 Å². The fraction of sp³-hybridized carbons (Fsp3) is 0.343. The number of Topliss-reactive ketones (excluding diaryl/α,β-unsaturated/α-hetero) is 1. The number of ketones is 1. The SMILES string of the molecule is C[C@H]1CC[C@H]2[C@H](C1)c1c(c3ccccc3c3nc4cc(CC(=O)c5ccc(C(F)(F)F)cc5)ccc4nc13)OC2(C)C. The second-order valence-electron chi connectivity index (χ2n) is 12.5. The molecule has 1 aliphatic carbocycles. The highest BCUT2D eigenvalue weighted by atomic mass is 19.4. The number of rotatable bonds is 3. The van der Waals surface area contributed by atoms with Gasteiger partial charge in [0, 0.05) is 34.2 Å². The van der Waals surface area contributed by atoms with Crippen molar-refractivity contribution < 1.29 is 22.7 Å². The van der Waals surface area contributed by atoms with Gasteiger partial charge in [0.05, 0.1) is 27.6 Å². The van der Waals surface area contributed by atoms with Crippen molar-refractivity contribution in [2.45, 2.75) is 64.1 Å². The summed E-state index contributed by atoms with van der Waals surface area (Å²) in [5, 5.41) is 2.01. The molecule has 0 spiro atoms. The van der Waals surface area contributed by atoms with E-state index in [2.05, 4.69) is 32.9 Å². The standard InChI is InChI=1S/C35H31F3N2O2/c1-19-8-14-26-25(16-19)30-32-31(23-6-4-5-7-24(23)33(30)42-34(26,2)3)40-28-17-20(9-15-27(28)39-32)18-29(41)21-10-12-22(13-11-21)35(36,37)38/h4-7,9-13,15,17,19,25-26H,8,14,16,18H2,1-3H3/t19-,25-,26-/m0/s1. The van der Waals surface area contributed by atoms with Crippen LogP contribution in [-0.4, -0.2) is 21.4 Å². The molecule has 1 aromatic heterocycles. The van der Waals surface area contributed by atoms with Gasteiger partial charge in [0.15, 0.2) is 5.78 Å². The van der Waals surface area contributed by atoms with Crippen LogP contribution in [-0.2, 0) is 12.6 Å². The summed E-state index contributed by atoms with van der Waals surface area (Å²) in [7, 11) is 0. The van der Waals surface area contributed by atoms with E-state index in [-0.39, 0.29) is 23.4 Å². The fourth-order valence-corrected chi connectivity index (χ4v) is 7.18. The van der Waals surface area contributed by atoms with Gasteiger partial charge in [0.2, 0.25) is 0 Å². The molecule has 2 aliphatic rings. The van der Waals surface area contributed by atoms with Crippen LogP contribution in [0, 0.1) is 11.8 Å². The Morgan fingerprint density at radius 1 is 0.929 bits per heavy atom. The third-order valence-corrected chi connectivity index (χ3v) is 9.30. The first-order chi connectivity index (χ1) is 20.0. The smallest absolute Gasteiger partial charge is 0.416 e. The minimum Gasteiger partial charge on any atom is -0.487 e. The first kappa shape index (κ1) is 26.9. The van der Waals surface area contributed by atoms with Crippen molar-refractivity contribution in [2.75, 3.05) is 0 Å². The van der Waals surface area contributed by atoms with E-state index in [1.54, 1.807) is 0 Å². The zero-order valence-corrected chi connectivity index (χ0v) is 23.8. The summed E-state index contributed by atoms with van der Waals surface area (Å²) in [6.45, 7) is 6.75. The Morgan fingerprint density at radius 2 is 1.64 bits per heavy atom. The summed E-state index contributed by atoms with van der Waals surface area (Å²) >= 11 is 0. The van der Waals surface area contributed by atoms with Gasteiger partial charge >= 0.3 is 6.18 Å². The molecule has 42 heavy (non-hydrogen) atoms. The summed E-state index contributed by atoms with van der Waals surface area (Å²) < 4.78 is 45.7. The molecule has 0 amide bonds. The highest BCUT2D eigenvalue weighted by Gasteiger charge is 2.47. The molecule has 4 nitrogen and oxygen atoms in total. The quantitative estimate of drug-likeness (QED) is 0.124. The monoisotopic (exact) mass is 568 g/mol. The maximum Gasteiger partial charge on any atom is 0.416 e. The average molecular weight is 569 g/mol. The molecule has 7 heteroatoms. The number of fused-ring (bicyclic) bond motifs is 9. The van der Waals surface area contributed by atoms with Gasteiger partial charge in [-0.1, -0.05) is 55.8 Å². The molecule has 2 heterocycles. The molecule has 0 saturated heterocycles. The van der Waals surface area contributed by atoms with E-state index in [0.29, 0.717) is 23.3 Å². The topological polar surface area (TPSA) is 52.1 Å². The molecule has 5 aromatic rings. The lowest BCUT2D eigenvalue weighted by atomic mass is 9.64. The first-order valence-electron chi connectivity index (χ1n) is 14.5. The number of hydrogen-bond donors (Lipinski definition) is 0. The van der Waals surface area contributed by atoms with E-state index in [4.69, 9.17) is 14.7 Å². The molecule has 214 valence electrons. The van der Waals surface area contributed by atoms with E-state index in [9.17, 15) is 18.0 Å². The van der Waals surface area contributed by atoms with Crippen LogP contribution in [0.5, 0.6) is 5.75 Å². The molecule has 1 fully saturated rings. The Morgan fingerprint density at radius 3 is 2.38 bits per heavy atom. The summed E-state index contributed by atoms with van der Waals surface area (Å²) in [6.07, 6.45) is -0.996. The van der Waals surface area contributed by atoms with Gasteiger partial charge < -0.3 is 4.74 Å². The maximum absolute atomic E-state index is 12.9. The van der Waals surface area contributed by atoms with Crippen LogP contribution >= 0.6 is 0 Å². The van der Waals surface area contributed by atoms with Crippen LogP contribution in [0.15, 0.2) is 66.7 Å². The van der Waals surface area contributed by atoms with E-state index in [0.717, 1.165) is 69.2 Å². The number of carbonyl (C=O) groups excluding carboxylic acids is 1. The lowest BCUT2D eigenvalue weighted by Gasteiger charge is -2.49. The zero-order chi connectivity index (χ0) is 29.4. The van der Waals surface area contributed by atoms with E-state index in [1.165, 1.54) is 18.6 Å². The van der Waals surface area contributed by atoms with Crippen molar-refractivity contribution in [1.29, 1.82) is 0 Å². The molecule has 0 radical (unpaired) electrons. The second kappa shape index (κ2) is 9.51. The van der Waals surface area contributed by atoms with Crippen LogP contribution in [0.4, 0.5) is 13.2 Å². The van der Waals surface area contributed by atoms with Crippen molar-refractivity contribution in [2.24, 2.45) is 11.8 Å². The molecule has 0 N–H and O–H groups in total. The third kappa shape index (κ3) is 4.41. The number of carbonyl (C=O) groups is 1. The Balaban J connectivity index is 1.33. The fourth-order valence-electron chi connectivity index (χ4n) is 7.18. The molecule has 1 aliphatic heterocycles. The third-order valence-electron chi connectivity index (χ3n) is 9.30. The molecule has 7 rings (SSSR count). The minimum absolute atomic E-state index is 0.0521. The Kier molecular flexibility index (Phi) is 6.09. The zero-order valence-electron chi connectivity index (χ0n) is 23.8. The predicted molar refractivity (Wildman–Crippen MR) is 158 cm³/mol. The molecular weight excluding hydrogens is 537 g/mol. The van der Waals surface area contributed by atoms with Crippen LogP contribution in [0.3, 0.4) is 0 Å². The van der Waals surface area contributed by atoms with Crippen molar-refractivity contribution in [3.8, 4) is 5.75 Å². The van der Waals surface area contributed by atoms with Gasteiger partial charge in [0.1, 0.15) is 11.4 Å². The lowest BCUT2D eigenvalue weighted by molar-refractivity contribution is -0.137. The Hall–Kier alpha value is -4.00. The number of aromatic nitrogens is 2. The number of alkyl halides is 3. The average Bonchev–Trinajstić information content (AvgIpc) is 2.95. The summed E-state index contributed by atoms with van der Waals surface area (Å²) in [6, 6.07) is 18.1. The summed E-state index contributed by atoms with van der Waals surface area (Å²) in [5.41, 5.74) is 4.19. The van der Waals surface area contributed by atoms with Crippen LogP contribution in [0.2, 0.25) is 0 Å². The maximum atomic E-state index is 12.9. The van der Waals surface area contributed by atoms with Crippen molar-refractivity contribution in [1.82, 2.24) is 9.97 Å². The summed E-state index contributed by atoms with van der Waals surface area (Å²) in [5.74, 6) is 2.00. The van der Waals surface area contributed by atoms with Crippen LogP contribution in [0.1, 0.15) is 73.0 Å². The first-order valence-corrected chi connectivity index (χ1v) is 14.5. The molecular formula is C35H31F3N2O2. The number of ether oxygens (including phenoxy) is 1. The second-order valence-corrected chi connectivity index (χ2v) is 12.5. The Labute approximate surface area is 241 Å². The molecule has 0 bridgehead atoms. The van der Waals surface area contributed by atoms with Crippen LogP contribution in [0.25, 0.3) is 32.8 Å².